The maximum atomic E-state index is 5.33. The van der Waals surface area contributed by atoms with Gasteiger partial charge in [-0.3, -0.25) is 0 Å². The maximum absolute atomic E-state index is 5.33. The second-order valence-electron chi connectivity index (χ2n) is 4.53. The Hall–Kier alpha value is -0.310. The molecule has 1 N–H and O–H groups in total. The molecule has 0 aromatic rings. The van der Waals surface area contributed by atoms with E-state index in [0.29, 0.717) is 11.8 Å². The van der Waals surface area contributed by atoms with Gasteiger partial charge in [0.2, 0.25) is 0 Å². The van der Waals surface area contributed by atoms with Crippen LogP contribution in [0.2, 0.25) is 0 Å². The van der Waals surface area contributed by atoms with Crippen molar-refractivity contribution in [1.29, 1.82) is 0 Å². The number of nitrogens with zero attached hydrogens (tertiary/aromatic N) is 1. The molecule has 0 aromatic carbocycles. The molecule has 3 heteroatoms. The van der Waals surface area contributed by atoms with Crippen LogP contribution in [0.4, 0.5) is 0 Å². The Morgan fingerprint density at radius 1 is 1.14 bits per heavy atom. The zero-order valence-corrected chi connectivity index (χ0v) is 10.9. The van der Waals surface area contributed by atoms with Crippen LogP contribution in [0.1, 0.15) is 34.6 Å². The molecule has 0 aromatic heterocycles. The van der Waals surface area contributed by atoms with Crippen molar-refractivity contribution >= 4 is 17.3 Å². The second-order valence-corrected chi connectivity index (χ2v) is 4.91. The SMILES string of the molecule is CCNC(=S)N(CC(C)C)CC(C)C. The summed E-state index contributed by atoms with van der Waals surface area (Å²) in [5.74, 6) is 1.32. The lowest BCUT2D eigenvalue weighted by Crippen LogP contribution is -2.43. The predicted molar refractivity (Wildman–Crippen MR) is 67.5 cm³/mol. The molecule has 84 valence electrons. The third-order valence-electron chi connectivity index (χ3n) is 1.79. The first-order valence-corrected chi connectivity index (χ1v) is 5.90. The van der Waals surface area contributed by atoms with Crippen LogP contribution in [-0.2, 0) is 0 Å². The summed E-state index contributed by atoms with van der Waals surface area (Å²) in [7, 11) is 0. The minimum atomic E-state index is 0.658. The van der Waals surface area contributed by atoms with E-state index in [-0.39, 0.29) is 0 Å². The van der Waals surface area contributed by atoms with Gasteiger partial charge in [-0.15, -0.1) is 0 Å². The molecule has 14 heavy (non-hydrogen) atoms. The van der Waals surface area contributed by atoms with E-state index in [9.17, 15) is 0 Å². The Morgan fingerprint density at radius 3 is 1.86 bits per heavy atom. The summed E-state index contributed by atoms with van der Waals surface area (Å²) < 4.78 is 0. The molecule has 0 unspecified atom stereocenters. The van der Waals surface area contributed by atoms with E-state index < -0.39 is 0 Å². The van der Waals surface area contributed by atoms with Gasteiger partial charge in [-0.2, -0.15) is 0 Å². The van der Waals surface area contributed by atoms with E-state index in [1.165, 1.54) is 0 Å². The van der Waals surface area contributed by atoms with Crippen molar-refractivity contribution in [2.75, 3.05) is 19.6 Å². The molecule has 0 spiro atoms. The summed E-state index contributed by atoms with van der Waals surface area (Å²) in [6.45, 7) is 14.0. The van der Waals surface area contributed by atoms with Crippen LogP contribution in [-0.4, -0.2) is 29.6 Å². The first kappa shape index (κ1) is 13.7. The fraction of sp³-hybridized carbons (Fsp3) is 0.909. The van der Waals surface area contributed by atoms with Gasteiger partial charge in [-0.05, 0) is 31.0 Å². The van der Waals surface area contributed by atoms with Crippen LogP contribution in [0.3, 0.4) is 0 Å². The number of thiocarbonyl (C=S) groups is 1. The van der Waals surface area contributed by atoms with Crippen LogP contribution >= 0.6 is 12.2 Å². The topological polar surface area (TPSA) is 15.3 Å². The monoisotopic (exact) mass is 216 g/mol. The molecule has 0 atom stereocenters. The van der Waals surface area contributed by atoms with Gasteiger partial charge in [0.05, 0.1) is 0 Å². The lowest BCUT2D eigenvalue weighted by Gasteiger charge is -2.28. The quantitative estimate of drug-likeness (QED) is 0.711. The van der Waals surface area contributed by atoms with E-state index in [4.69, 9.17) is 12.2 Å². The van der Waals surface area contributed by atoms with Crippen molar-refractivity contribution < 1.29 is 0 Å². The average molecular weight is 216 g/mol. The van der Waals surface area contributed by atoms with Crippen molar-refractivity contribution in [2.45, 2.75) is 34.6 Å². The first-order valence-electron chi connectivity index (χ1n) is 5.50. The molecule has 0 saturated heterocycles. The Balaban J connectivity index is 4.15. The normalized spacial score (nSPS) is 10.8. The standard InChI is InChI=1S/C11H24N2S/c1-6-12-11(14)13(7-9(2)3)8-10(4)5/h9-10H,6-8H2,1-5H3,(H,12,14). The molecule has 0 radical (unpaired) electrons. The molecule has 0 aliphatic heterocycles. The number of hydrogen-bond donors (Lipinski definition) is 1. The number of rotatable bonds is 5. The molecule has 0 bridgehead atoms. The van der Waals surface area contributed by atoms with Crippen LogP contribution in [0.5, 0.6) is 0 Å². The van der Waals surface area contributed by atoms with Gasteiger partial charge in [-0.25, -0.2) is 0 Å². The molecule has 0 rings (SSSR count). The van der Waals surface area contributed by atoms with E-state index in [0.717, 1.165) is 24.7 Å². The van der Waals surface area contributed by atoms with Gasteiger partial charge in [0, 0.05) is 19.6 Å². The molecule has 0 aliphatic rings. The zero-order valence-electron chi connectivity index (χ0n) is 10.1. The van der Waals surface area contributed by atoms with Gasteiger partial charge in [0.1, 0.15) is 0 Å². The van der Waals surface area contributed by atoms with Crippen LogP contribution in [0.15, 0.2) is 0 Å². The summed E-state index contributed by atoms with van der Waals surface area (Å²) in [5, 5.41) is 4.11. The van der Waals surface area contributed by atoms with Gasteiger partial charge >= 0.3 is 0 Å². The average Bonchev–Trinajstić information content (AvgIpc) is 2.01. The summed E-state index contributed by atoms with van der Waals surface area (Å²) in [6, 6.07) is 0. The molecular weight excluding hydrogens is 192 g/mol. The fourth-order valence-corrected chi connectivity index (χ4v) is 1.68. The van der Waals surface area contributed by atoms with Crippen LogP contribution in [0, 0.1) is 11.8 Å². The highest BCUT2D eigenvalue weighted by atomic mass is 32.1. The summed E-state index contributed by atoms with van der Waals surface area (Å²) in [6.07, 6.45) is 0. The summed E-state index contributed by atoms with van der Waals surface area (Å²) in [4.78, 5) is 2.27. The molecule has 0 aliphatic carbocycles. The van der Waals surface area contributed by atoms with Crippen molar-refractivity contribution in [3.63, 3.8) is 0 Å². The molecule has 0 heterocycles. The molecule has 2 nitrogen and oxygen atoms in total. The van der Waals surface area contributed by atoms with Crippen LogP contribution < -0.4 is 5.32 Å². The third kappa shape index (κ3) is 6.19. The highest BCUT2D eigenvalue weighted by Gasteiger charge is 2.11. The van der Waals surface area contributed by atoms with Gasteiger partial charge in [0.15, 0.2) is 5.11 Å². The Bertz CT molecular complexity index is 157. The molecule has 0 saturated carbocycles. The highest BCUT2D eigenvalue weighted by Crippen LogP contribution is 2.04. The minimum absolute atomic E-state index is 0.658. The molecule has 0 fully saturated rings. The van der Waals surface area contributed by atoms with E-state index >= 15 is 0 Å². The molecule has 0 amide bonds. The minimum Gasteiger partial charge on any atom is -0.363 e. The van der Waals surface area contributed by atoms with Gasteiger partial charge in [0.25, 0.3) is 0 Å². The van der Waals surface area contributed by atoms with E-state index in [2.05, 4.69) is 44.8 Å². The van der Waals surface area contributed by atoms with Gasteiger partial charge in [-0.1, -0.05) is 27.7 Å². The zero-order chi connectivity index (χ0) is 11.1. The Morgan fingerprint density at radius 2 is 1.57 bits per heavy atom. The smallest absolute Gasteiger partial charge is 0.168 e. The van der Waals surface area contributed by atoms with E-state index in [1.807, 2.05) is 0 Å². The maximum Gasteiger partial charge on any atom is 0.168 e. The third-order valence-corrected chi connectivity index (χ3v) is 2.19. The fourth-order valence-electron chi connectivity index (χ4n) is 1.38. The Kier molecular flexibility index (Phi) is 6.89. The highest BCUT2D eigenvalue weighted by molar-refractivity contribution is 7.80. The first-order chi connectivity index (χ1) is 6.47. The van der Waals surface area contributed by atoms with Crippen LogP contribution in [0.25, 0.3) is 0 Å². The van der Waals surface area contributed by atoms with E-state index in [1.54, 1.807) is 0 Å². The van der Waals surface area contributed by atoms with Crippen molar-refractivity contribution in [1.82, 2.24) is 10.2 Å². The van der Waals surface area contributed by atoms with Gasteiger partial charge < -0.3 is 10.2 Å². The number of nitrogens with one attached hydrogen (secondary N) is 1. The number of hydrogen-bond acceptors (Lipinski definition) is 1. The van der Waals surface area contributed by atoms with Crippen molar-refractivity contribution in [2.24, 2.45) is 11.8 Å². The van der Waals surface area contributed by atoms with Crippen molar-refractivity contribution in [3.05, 3.63) is 0 Å². The largest absolute Gasteiger partial charge is 0.363 e. The second kappa shape index (κ2) is 7.04. The van der Waals surface area contributed by atoms with Crippen molar-refractivity contribution in [3.8, 4) is 0 Å². The summed E-state index contributed by atoms with van der Waals surface area (Å²) >= 11 is 5.33. The lowest BCUT2D eigenvalue weighted by atomic mass is 10.1. The lowest BCUT2D eigenvalue weighted by molar-refractivity contribution is 0.324. The Labute approximate surface area is 94.1 Å². The molecular formula is C11H24N2S. The summed E-state index contributed by atoms with van der Waals surface area (Å²) in [5.41, 5.74) is 0. The predicted octanol–water partition coefficient (Wildman–Crippen LogP) is 2.49.